The summed E-state index contributed by atoms with van der Waals surface area (Å²) in [6, 6.07) is 0. The van der Waals surface area contributed by atoms with Gasteiger partial charge in [-0.2, -0.15) is 10.1 Å². The van der Waals surface area contributed by atoms with Crippen molar-refractivity contribution in [3.05, 3.63) is 29.2 Å². The Balaban J connectivity index is 2.32. The third-order valence-corrected chi connectivity index (χ3v) is 2.45. The summed E-state index contributed by atoms with van der Waals surface area (Å²) in [4.78, 5) is 8.45. The number of nitrogens with zero attached hydrogens (tertiary/aromatic N) is 4. The quantitative estimate of drug-likeness (QED) is 0.907. The molecule has 0 fully saturated rings. The van der Waals surface area contributed by atoms with E-state index in [0.29, 0.717) is 16.8 Å². The number of anilines is 1. The Labute approximate surface area is 105 Å². The molecule has 2 rings (SSSR count). The first-order chi connectivity index (χ1) is 8.20. The van der Waals surface area contributed by atoms with Crippen LogP contribution in [-0.4, -0.2) is 26.3 Å². The summed E-state index contributed by atoms with van der Waals surface area (Å²) < 4.78 is 1.65. The normalized spacial score (nSPS) is 10.5. The molecular formula is C11H14ClN5. The molecule has 6 heteroatoms. The Morgan fingerprint density at radius 1 is 1.41 bits per heavy atom. The molecule has 0 atom stereocenters. The first-order valence-corrected chi connectivity index (χ1v) is 5.86. The lowest BCUT2D eigenvalue weighted by atomic mass is 10.4. The highest BCUT2D eigenvalue weighted by Gasteiger charge is 2.08. The van der Waals surface area contributed by atoms with Gasteiger partial charge in [-0.1, -0.05) is 18.5 Å². The zero-order valence-electron chi connectivity index (χ0n) is 9.81. The molecule has 0 saturated heterocycles. The lowest BCUT2D eigenvalue weighted by molar-refractivity contribution is 0.836. The SMILES string of the molecule is CCCNc1ncc(Cl)c(-n2cc(C)cn2)n1. The topological polar surface area (TPSA) is 55.6 Å². The largest absolute Gasteiger partial charge is 0.354 e. The summed E-state index contributed by atoms with van der Waals surface area (Å²) in [5.41, 5.74) is 1.06. The van der Waals surface area contributed by atoms with Crippen LogP contribution in [0.25, 0.3) is 5.82 Å². The molecule has 2 aromatic rings. The van der Waals surface area contributed by atoms with Crippen LogP contribution in [0.2, 0.25) is 5.02 Å². The lowest BCUT2D eigenvalue weighted by Gasteiger charge is -2.06. The highest BCUT2D eigenvalue weighted by Crippen LogP contribution is 2.18. The molecule has 90 valence electrons. The summed E-state index contributed by atoms with van der Waals surface area (Å²) in [6.07, 6.45) is 6.23. The Morgan fingerprint density at radius 3 is 2.88 bits per heavy atom. The van der Waals surface area contributed by atoms with Crippen molar-refractivity contribution in [1.82, 2.24) is 19.7 Å². The second-order valence-electron chi connectivity index (χ2n) is 3.75. The number of halogens is 1. The standard InChI is InChI=1S/C11H14ClN5/c1-3-4-13-11-14-6-9(12)10(16-11)17-7-8(2)5-15-17/h5-7H,3-4H2,1-2H3,(H,13,14,16). The first-order valence-electron chi connectivity index (χ1n) is 5.48. The zero-order chi connectivity index (χ0) is 12.3. The van der Waals surface area contributed by atoms with Gasteiger partial charge in [-0.25, -0.2) is 9.67 Å². The van der Waals surface area contributed by atoms with Gasteiger partial charge in [-0.15, -0.1) is 0 Å². The van der Waals surface area contributed by atoms with Crippen molar-refractivity contribution in [1.29, 1.82) is 0 Å². The van der Waals surface area contributed by atoms with Crippen molar-refractivity contribution in [2.75, 3.05) is 11.9 Å². The molecule has 0 spiro atoms. The molecule has 1 N–H and O–H groups in total. The van der Waals surface area contributed by atoms with Gasteiger partial charge in [0.05, 0.1) is 12.4 Å². The lowest BCUT2D eigenvalue weighted by Crippen LogP contribution is -2.07. The van der Waals surface area contributed by atoms with E-state index in [1.165, 1.54) is 0 Å². The molecule has 17 heavy (non-hydrogen) atoms. The van der Waals surface area contributed by atoms with Crippen LogP contribution in [0, 0.1) is 6.92 Å². The maximum Gasteiger partial charge on any atom is 0.224 e. The van der Waals surface area contributed by atoms with Crippen molar-refractivity contribution in [2.45, 2.75) is 20.3 Å². The number of aromatic nitrogens is 4. The molecule has 0 aliphatic carbocycles. The second-order valence-corrected chi connectivity index (χ2v) is 4.16. The van der Waals surface area contributed by atoms with Gasteiger partial charge in [-0.05, 0) is 18.9 Å². The van der Waals surface area contributed by atoms with E-state index in [9.17, 15) is 0 Å². The van der Waals surface area contributed by atoms with Crippen molar-refractivity contribution < 1.29 is 0 Å². The predicted molar refractivity (Wildman–Crippen MR) is 67.7 cm³/mol. The van der Waals surface area contributed by atoms with E-state index < -0.39 is 0 Å². The van der Waals surface area contributed by atoms with E-state index in [-0.39, 0.29) is 0 Å². The van der Waals surface area contributed by atoms with Crippen LogP contribution < -0.4 is 5.32 Å². The number of hydrogen-bond acceptors (Lipinski definition) is 4. The Morgan fingerprint density at radius 2 is 2.24 bits per heavy atom. The van der Waals surface area contributed by atoms with Gasteiger partial charge in [0.15, 0.2) is 5.82 Å². The molecular weight excluding hydrogens is 238 g/mol. The van der Waals surface area contributed by atoms with Crippen LogP contribution in [0.4, 0.5) is 5.95 Å². The van der Waals surface area contributed by atoms with E-state index >= 15 is 0 Å². The van der Waals surface area contributed by atoms with E-state index in [0.717, 1.165) is 18.5 Å². The third kappa shape index (κ3) is 2.74. The second kappa shape index (κ2) is 5.14. The summed E-state index contributed by atoms with van der Waals surface area (Å²) >= 11 is 6.06. The van der Waals surface area contributed by atoms with Crippen LogP contribution >= 0.6 is 11.6 Å². The highest BCUT2D eigenvalue weighted by molar-refractivity contribution is 6.32. The minimum Gasteiger partial charge on any atom is -0.354 e. The zero-order valence-corrected chi connectivity index (χ0v) is 10.6. The number of aryl methyl sites for hydroxylation is 1. The maximum atomic E-state index is 6.06. The van der Waals surface area contributed by atoms with Gasteiger partial charge < -0.3 is 5.32 Å². The van der Waals surface area contributed by atoms with Gasteiger partial charge in [0, 0.05) is 12.7 Å². The van der Waals surface area contributed by atoms with Crippen LogP contribution in [0.15, 0.2) is 18.6 Å². The van der Waals surface area contributed by atoms with Gasteiger partial charge in [-0.3, -0.25) is 0 Å². The molecule has 2 aromatic heterocycles. The van der Waals surface area contributed by atoms with Crippen molar-refractivity contribution in [2.24, 2.45) is 0 Å². The molecule has 5 nitrogen and oxygen atoms in total. The van der Waals surface area contributed by atoms with Crippen LogP contribution in [0.1, 0.15) is 18.9 Å². The molecule has 0 bridgehead atoms. The molecule has 0 aromatic carbocycles. The Kier molecular flexibility index (Phi) is 3.58. The molecule has 0 aliphatic heterocycles. The number of rotatable bonds is 4. The van der Waals surface area contributed by atoms with Crippen LogP contribution in [0.3, 0.4) is 0 Å². The average molecular weight is 252 g/mol. The summed E-state index contributed by atoms with van der Waals surface area (Å²) in [5, 5.41) is 7.78. The first kappa shape index (κ1) is 11.9. The number of hydrogen-bond donors (Lipinski definition) is 1. The molecule has 2 heterocycles. The predicted octanol–water partition coefficient (Wildman–Crippen LogP) is 2.45. The van der Waals surface area contributed by atoms with E-state index in [4.69, 9.17) is 11.6 Å². The minimum atomic E-state index is 0.482. The van der Waals surface area contributed by atoms with Crippen molar-refractivity contribution in [3.8, 4) is 5.82 Å². The Hall–Kier alpha value is -1.62. The van der Waals surface area contributed by atoms with Gasteiger partial charge >= 0.3 is 0 Å². The molecule has 0 radical (unpaired) electrons. The van der Waals surface area contributed by atoms with Gasteiger partial charge in [0.2, 0.25) is 5.95 Å². The van der Waals surface area contributed by atoms with E-state index in [2.05, 4.69) is 27.3 Å². The molecule has 0 aliphatic rings. The summed E-state index contributed by atoms with van der Waals surface area (Å²) in [7, 11) is 0. The van der Waals surface area contributed by atoms with Gasteiger partial charge in [0.25, 0.3) is 0 Å². The summed E-state index contributed by atoms with van der Waals surface area (Å²) in [6.45, 7) is 4.88. The molecule has 0 saturated carbocycles. The van der Waals surface area contributed by atoms with Crippen molar-refractivity contribution >= 4 is 17.5 Å². The number of nitrogens with one attached hydrogen (secondary N) is 1. The molecule has 0 amide bonds. The fourth-order valence-corrected chi connectivity index (χ4v) is 1.55. The average Bonchev–Trinajstić information content (AvgIpc) is 2.75. The third-order valence-electron chi connectivity index (χ3n) is 2.19. The summed E-state index contributed by atoms with van der Waals surface area (Å²) in [5.74, 6) is 1.16. The molecule has 0 unspecified atom stereocenters. The van der Waals surface area contributed by atoms with Crippen LogP contribution in [0.5, 0.6) is 0 Å². The van der Waals surface area contributed by atoms with E-state index in [1.807, 2.05) is 13.1 Å². The fourth-order valence-electron chi connectivity index (χ4n) is 1.37. The fraction of sp³-hybridized carbons (Fsp3) is 0.364. The maximum absolute atomic E-state index is 6.06. The smallest absolute Gasteiger partial charge is 0.224 e. The van der Waals surface area contributed by atoms with Crippen LogP contribution in [-0.2, 0) is 0 Å². The monoisotopic (exact) mass is 251 g/mol. The van der Waals surface area contributed by atoms with Crippen molar-refractivity contribution in [3.63, 3.8) is 0 Å². The Bertz CT molecular complexity index is 508. The minimum absolute atomic E-state index is 0.482. The van der Waals surface area contributed by atoms with E-state index in [1.54, 1.807) is 17.1 Å². The highest BCUT2D eigenvalue weighted by atomic mass is 35.5. The van der Waals surface area contributed by atoms with Gasteiger partial charge in [0.1, 0.15) is 5.02 Å².